The van der Waals surface area contributed by atoms with Crippen molar-refractivity contribution in [2.45, 2.75) is 4.90 Å². The molecule has 0 aliphatic rings. The molecule has 2 rings (SSSR count). The topological polar surface area (TPSA) is 75.3 Å². The van der Waals surface area contributed by atoms with Crippen LogP contribution in [-0.2, 0) is 0 Å². The first-order valence-electron chi connectivity index (χ1n) is 5.64. The van der Waals surface area contributed by atoms with E-state index in [4.69, 9.17) is 5.73 Å². The van der Waals surface area contributed by atoms with Crippen molar-refractivity contribution >= 4 is 29.0 Å². The summed E-state index contributed by atoms with van der Waals surface area (Å²) in [6.07, 6.45) is 1.92. The first-order valence-corrected chi connectivity index (χ1v) is 6.87. The third kappa shape index (κ3) is 3.00. The fourth-order valence-corrected chi connectivity index (χ4v) is 2.28. The SMILES string of the molecule is CSc1ccccc1C(=O)Nc1ccc(O)cc1N. The van der Waals surface area contributed by atoms with Gasteiger partial charge in [0.25, 0.3) is 5.91 Å². The van der Waals surface area contributed by atoms with E-state index in [0.29, 0.717) is 16.9 Å². The molecule has 0 bridgehead atoms. The molecule has 0 fully saturated rings. The molecule has 19 heavy (non-hydrogen) atoms. The van der Waals surface area contributed by atoms with Gasteiger partial charge in [-0.15, -0.1) is 11.8 Å². The van der Waals surface area contributed by atoms with E-state index in [-0.39, 0.29) is 11.7 Å². The molecule has 0 saturated heterocycles. The van der Waals surface area contributed by atoms with Gasteiger partial charge < -0.3 is 16.2 Å². The maximum Gasteiger partial charge on any atom is 0.256 e. The minimum atomic E-state index is -0.220. The normalized spacial score (nSPS) is 10.2. The van der Waals surface area contributed by atoms with Crippen molar-refractivity contribution in [3.8, 4) is 5.75 Å². The molecular weight excluding hydrogens is 260 g/mol. The van der Waals surface area contributed by atoms with Gasteiger partial charge in [0.2, 0.25) is 0 Å². The summed E-state index contributed by atoms with van der Waals surface area (Å²) in [6, 6.07) is 11.8. The third-order valence-corrected chi connectivity index (χ3v) is 3.43. The molecular formula is C14H14N2O2S. The summed E-state index contributed by atoms with van der Waals surface area (Å²) >= 11 is 1.51. The molecule has 0 aliphatic heterocycles. The smallest absolute Gasteiger partial charge is 0.256 e. The van der Waals surface area contributed by atoms with Crippen LogP contribution < -0.4 is 11.1 Å². The minimum absolute atomic E-state index is 0.0695. The number of anilines is 2. The molecule has 0 heterocycles. The lowest BCUT2D eigenvalue weighted by Gasteiger charge is -2.10. The predicted molar refractivity (Wildman–Crippen MR) is 78.7 cm³/mol. The van der Waals surface area contributed by atoms with E-state index in [2.05, 4.69) is 5.32 Å². The monoisotopic (exact) mass is 274 g/mol. The average molecular weight is 274 g/mol. The Morgan fingerprint density at radius 3 is 2.68 bits per heavy atom. The first-order chi connectivity index (χ1) is 9.11. The summed E-state index contributed by atoms with van der Waals surface area (Å²) in [5.41, 5.74) is 7.15. The fourth-order valence-electron chi connectivity index (χ4n) is 1.69. The molecule has 0 atom stereocenters. The Morgan fingerprint density at radius 1 is 1.26 bits per heavy atom. The number of hydrogen-bond acceptors (Lipinski definition) is 4. The van der Waals surface area contributed by atoms with Crippen LogP contribution in [0.25, 0.3) is 0 Å². The van der Waals surface area contributed by atoms with Crippen molar-refractivity contribution in [2.75, 3.05) is 17.3 Å². The number of benzene rings is 2. The van der Waals surface area contributed by atoms with Crippen LogP contribution in [0.1, 0.15) is 10.4 Å². The number of rotatable bonds is 3. The van der Waals surface area contributed by atoms with E-state index in [1.165, 1.54) is 23.9 Å². The molecule has 5 heteroatoms. The summed E-state index contributed by atoms with van der Waals surface area (Å²) in [4.78, 5) is 13.1. The highest BCUT2D eigenvalue weighted by molar-refractivity contribution is 7.98. The van der Waals surface area contributed by atoms with Crippen molar-refractivity contribution in [3.05, 3.63) is 48.0 Å². The van der Waals surface area contributed by atoms with Crippen molar-refractivity contribution in [1.29, 1.82) is 0 Å². The molecule has 4 N–H and O–H groups in total. The molecule has 98 valence electrons. The van der Waals surface area contributed by atoms with E-state index in [1.54, 1.807) is 12.1 Å². The lowest BCUT2D eigenvalue weighted by molar-refractivity contribution is 0.102. The first kappa shape index (κ1) is 13.3. The lowest BCUT2D eigenvalue weighted by Crippen LogP contribution is -2.14. The van der Waals surface area contributed by atoms with E-state index < -0.39 is 0 Å². The molecule has 4 nitrogen and oxygen atoms in total. The van der Waals surface area contributed by atoms with Crippen LogP contribution in [0.4, 0.5) is 11.4 Å². The third-order valence-electron chi connectivity index (χ3n) is 2.63. The van der Waals surface area contributed by atoms with Gasteiger partial charge in [-0.2, -0.15) is 0 Å². The van der Waals surface area contributed by atoms with Crippen molar-refractivity contribution in [2.24, 2.45) is 0 Å². The Kier molecular flexibility index (Phi) is 3.97. The highest BCUT2D eigenvalue weighted by atomic mass is 32.2. The van der Waals surface area contributed by atoms with Gasteiger partial charge in [0.05, 0.1) is 16.9 Å². The Labute approximate surface area is 115 Å². The number of phenols is 1. The summed E-state index contributed by atoms with van der Waals surface area (Å²) < 4.78 is 0. The molecule has 1 amide bonds. The fraction of sp³-hybridized carbons (Fsp3) is 0.0714. The zero-order valence-corrected chi connectivity index (χ0v) is 11.2. The van der Waals surface area contributed by atoms with Crippen LogP contribution in [0, 0.1) is 0 Å². The Hall–Kier alpha value is -2.14. The van der Waals surface area contributed by atoms with Crippen molar-refractivity contribution in [3.63, 3.8) is 0 Å². The molecule has 0 radical (unpaired) electrons. The van der Waals surface area contributed by atoms with Gasteiger partial charge in [0.1, 0.15) is 5.75 Å². The van der Waals surface area contributed by atoms with E-state index in [9.17, 15) is 9.90 Å². The zero-order chi connectivity index (χ0) is 13.8. The van der Waals surface area contributed by atoms with Gasteiger partial charge in [0.15, 0.2) is 0 Å². The van der Waals surface area contributed by atoms with Crippen molar-refractivity contribution in [1.82, 2.24) is 0 Å². The maximum absolute atomic E-state index is 12.2. The van der Waals surface area contributed by atoms with Gasteiger partial charge in [0, 0.05) is 11.0 Å². The van der Waals surface area contributed by atoms with E-state index in [1.807, 2.05) is 24.5 Å². The van der Waals surface area contributed by atoms with Crippen molar-refractivity contribution < 1.29 is 9.90 Å². The Balaban J connectivity index is 2.26. The number of nitrogens with one attached hydrogen (secondary N) is 1. The summed E-state index contributed by atoms with van der Waals surface area (Å²) in [7, 11) is 0. The molecule has 0 spiro atoms. The van der Waals surface area contributed by atoms with Gasteiger partial charge in [-0.1, -0.05) is 12.1 Å². The number of thioether (sulfide) groups is 1. The van der Waals surface area contributed by atoms with Crippen LogP contribution in [-0.4, -0.2) is 17.3 Å². The number of carbonyl (C=O) groups excluding carboxylic acids is 1. The van der Waals surface area contributed by atoms with Gasteiger partial charge in [-0.3, -0.25) is 4.79 Å². The molecule has 0 unspecified atom stereocenters. The highest BCUT2D eigenvalue weighted by Gasteiger charge is 2.11. The maximum atomic E-state index is 12.2. The quantitative estimate of drug-likeness (QED) is 0.457. The standard InChI is InChI=1S/C14H14N2O2S/c1-19-13-5-3-2-4-10(13)14(18)16-12-7-6-9(17)8-11(12)15/h2-8,17H,15H2,1H3,(H,16,18). The summed E-state index contributed by atoms with van der Waals surface area (Å²) in [5.74, 6) is -0.151. The number of carbonyl (C=O) groups is 1. The van der Waals surface area contributed by atoms with Crippen LogP contribution in [0.2, 0.25) is 0 Å². The largest absolute Gasteiger partial charge is 0.508 e. The second-order valence-electron chi connectivity index (χ2n) is 3.93. The van der Waals surface area contributed by atoms with Gasteiger partial charge in [-0.05, 0) is 30.5 Å². The molecule has 2 aromatic carbocycles. The molecule has 0 saturated carbocycles. The lowest BCUT2D eigenvalue weighted by atomic mass is 10.2. The second kappa shape index (κ2) is 5.67. The molecule has 0 aliphatic carbocycles. The molecule has 0 aromatic heterocycles. The number of nitrogens with two attached hydrogens (primary N) is 1. The number of aromatic hydroxyl groups is 1. The van der Waals surface area contributed by atoms with Crippen LogP contribution in [0.5, 0.6) is 5.75 Å². The Bertz CT molecular complexity index is 614. The number of nitrogen functional groups attached to an aromatic ring is 1. The number of amides is 1. The summed E-state index contributed by atoms with van der Waals surface area (Å²) in [6.45, 7) is 0. The summed E-state index contributed by atoms with van der Waals surface area (Å²) in [5, 5.41) is 12.0. The van der Waals surface area contributed by atoms with Gasteiger partial charge >= 0.3 is 0 Å². The number of hydrogen-bond donors (Lipinski definition) is 3. The van der Waals surface area contributed by atoms with Crippen LogP contribution in [0.3, 0.4) is 0 Å². The average Bonchev–Trinajstić information content (AvgIpc) is 2.41. The van der Waals surface area contributed by atoms with Gasteiger partial charge in [-0.25, -0.2) is 0 Å². The van der Waals surface area contributed by atoms with E-state index >= 15 is 0 Å². The zero-order valence-electron chi connectivity index (χ0n) is 10.4. The number of phenolic OH excluding ortho intramolecular Hbond substituents is 1. The van der Waals surface area contributed by atoms with Crippen LogP contribution in [0.15, 0.2) is 47.4 Å². The van der Waals surface area contributed by atoms with E-state index in [0.717, 1.165) is 4.90 Å². The predicted octanol–water partition coefficient (Wildman–Crippen LogP) is 2.95. The molecule has 2 aromatic rings. The minimum Gasteiger partial charge on any atom is -0.508 e. The Morgan fingerprint density at radius 2 is 2.00 bits per heavy atom. The van der Waals surface area contributed by atoms with Crippen LogP contribution >= 0.6 is 11.8 Å². The highest BCUT2D eigenvalue weighted by Crippen LogP contribution is 2.25. The second-order valence-corrected chi connectivity index (χ2v) is 4.77.